The fourth-order valence-electron chi connectivity index (χ4n) is 1.33. The predicted molar refractivity (Wildman–Crippen MR) is 65.3 cm³/mol. The van der Waals surface area contributed by atoms with Gasteiger partial charge in [0.25, 0.3) is 0 Å². The Hall–Kier alpha value is -0.870. The van der Waals surface area contributed by atoms with Gasteiger partial charge in [0.1, 0.15) is 0 Å². The van der Waals surface area contributed by atoms with Crippen LogP contribution in [0.5, 0.6) is 0 Å². The Morgan fingerprint density at radius 2 is 2.06 bits per heavy atom. The summed E-state index contributed by atoms with van der Waals surface area (Å²) in [6.07, 6.45) is 3.14. The normalized spacial score (nSPS) is 14.4. The van der Waals surface area contributed by atoms with Gasteiger partial charge in [-0.05, 0) is 34.6 Å². The molecule has 1 aromatic heterocycles. The minimum absolute atomic E-state index is 0.0228. The van der Waals surface area contributed by atoms with E-state index >= 15 is 0 Å². The summed E-state index contributed by atoms with van der Waals surface area (Å²) in [6, 6.07) is 0.330. The van der Waals surface area contributed by atoms with Gasteiger partial charge in [-0.1, -0.05) is 0 Å². The maximum atomic E-state index is 9.96. The lowest BCUT2D eigenvalue weighted by molar-refractivity contribution is 0.163. The molecule has 0 saturated carbocycles. The van der Waals surface area contributed by atoms with Crippen molar-refractivity contribution in [2.45, 2.75) is 52.3 Å². The zero-order valence-corrected chi connectivity index (χ0v) is 10.9. The highest BCUT2D eigenvalue weighted by atomic mass is 16.3. The summed E-state index contributed by atoms with van der Waals surface area (Å²) in [6.45, 7) is 10.9. The lowest BCUT2D eigenvalue weighted by Crippen LogP contribution is -2.38. The summed E-state index contributed by atoms with van der Waals surface area (Å²) < 4.78 is 1.86. The number of β-amino-alcohol motifs (C(OH)–C–C–N with tert-alkyl or cyclic N) is 1. The molecule has 16 heavy (non-hydrogen) atoms. The van der Waals surface area contributed by atoms with Crippen molar-refractivity contribution in [3.63, 3.8) is 0 Å². The van der Waals surface area contributed by atoms with Gasteiger partial charge in [-0.25, -0.2) is 0 Å². The number of aliphatic hydroxyl groups excluding tert-OH is 1. The van der Waals surface area contributed by atoms with Crippen LogP contribution in [0, 0.1) is 0 Å². The molecule has 0 saturated heterocycles. The molecule has 0 radical (unpaired) electrons. The lowest BCUT2D eigenvalue weighted by Gasteiger charge is -2.22. The smallest absolute Gasteiger partial charge is 0.0944 e. The van der Waals surface area contributed by atoms with E-state index in [-0.39, 0.29) is 5.54 Å². The monoisotopic (exact) mass is 225 g/mol. The molecular formula is C12H23N3O. The van der Waals surface area contributed by atoms with Gasteiger partial charge in [0, 0.05) is 29.9 Å². The van der Waals surface area contributed by atoms with Gasteiger partial charge in [0.2, 0.25) is 0 Å². The van der Waals surface area contributed by atoms with Crippen LogP contribution in [0.15, 0.2) is 12.4 Å². The van der Waals surface area contributed by atoms with E-state index in [4.69, 9.17) is 0 Å². The molecule has 4 heteroatoms. The molecule has 0 aliphatic carbocycles. The van der Waals surface area contributed by atoms with E-state index in [2.05, 4.69) is 45.0 Å². The molecule has 0 fully saturated rings. The highest BCUT2D eigenvalue weighted by Gasteiger charge is 2.15. The van der Waals surface area contributed by atoms with Gasteiger partial charge in [-0.15, -0.1) is 0 Å². The molecule has 1 atom stereocenters. The standard InChI is InChI=1S/C12H23N3O/c1-9(2)15-8-10(6-14-15)11(16)7-13-12(3,4)5/h6,8-9,11,13,16H,7H2,1-5H3. The van der Waals surface area contributed by atoms with E-state index in [1.807, 2.05) is 10.9 Å². The molecular weight excluding hydrogens is 202 g/mol. The molecule has 1 unspecified atom stereocenters. The maximum absolute atomic E-state index is 9.96. The van der Waals surface area contributed by atoms with E-state index in [9.17, 15) is 5.11 Å². The molecule has 0 spiro atoms. The molecule has 0 bridgehead atoms. The fraction of sp³-hybridized carbons (Fsp3) is 0.750. The van der Waals surface area contributed by atoms with Crippen molar-refractivity contribution in [2.24, 2.45) is 0 Å². The fourth-order valence-corrected chi connectivity index (χ4v) is 1.33. The highest BCUT2D eigenvalue weighted by molar-refractivity contribution is 5.09. The van der Waals surface area contributed by atoms with E-state index in [0.29, 0.717) is 12.6 Å². The Morgan fingerprint density at radius 1 is 1.44 bits per heavy atom. The number of aromatic nitrogens is 2. The van der Waals surface area contributed by atoms with Crippen molar-refractivity contribution in [3.8, 4) is 0 Å². The summed E-state index contributed by atoms with van der Waals surface area (Å²) in [5, 5.41) is 17.4. The summed E-state index contributed by atoms with van der Waals surface area (Å²) in [5.41, 5.74) is 0.889. The number of aliphatic hydroxyl groups is 1. The van der Waals surface area contributed by atoms with Crippen LogP contribution in [0.25, 0.3) is 0 Å². The van der Waals surface area contributed by atoms with Gasteiger partial charge in [0.15, 0.2) is 0 Å². The third-order valence-corrected chi connectivity index (χ3v) is 2.36. The third-order valence-electron chi connectivity index (χ3n) is 2.36. The second-order valence-electron chi connectivity index (χ2n) is 5.49. The van der Waals surface area contributed by atoms with Gasteiger partial charge >= 0.3 is 0 Å². The number of nitrogens with zero attached hydrogens (tertiary/aromatic N) is 2. The molecule has 0 aliphatic heterocycles. The Balaban J connectivity index is 2.56. The topological polar surface area (TPSA) is 50.1 Å². The summed E-state index contributed by atoms with van der Waals surface area (Å²) in [7, 11) is 0. The second-order valence-corrected chi connectivity index (χ2v) is 5.49. The zero-order valence-electron chi connectivity index (χ0n) is 10.9. The molecule has 4 nitrogen and oxygen atoms in total. The first kappa shape index (κ1) is 13.2. The van der Waals surface area contributed by atoms with Crippen molar-refractivity contribution in [1.82, 2.24) is 15.1 Å². The summed E-state index contributed by atoms with van der Waals surface area (Å²) >= 11 is 0. The minimum atomic E-state index is -0.494. The number of hydrogen-bond donors (Lipinski definition) is 2. The average molecular weight is 225 g/mol. The molecule has 0 aromatic carbocycles. The van der Waals surface area contributed by atoms with Gasteiger partial charge < -0.3 is 10.4 Å². The van der Waals surface area contributed by atoms with Crippen LogP contribution in [0.3, 0.4) is 0 Å². The Morgan fingerprint density at radius 3 is 2.50 bits per heavy atom. The molecule has 92 valence electrons. The van der Waals surface area contributed by atoms with Crippen LogP contribution in [0.4, 0.5) is 0 Å². The van der Waals surface area contributed by atoms with E-state index in [1.54, 1.807) is 6.20 Å². The first-order chi connectivity index (χ1) is 7.29. The van der Waals surface area contributed by atoms with Crippen LogP contribution in [0.1, 0.15) is 52.3 Å². The molecule has 1 rings (SSSR count). The van der Waals surface area contributed by atoms with E-state index in [1.165, 1.54) is 0 Å². The van der Waals surface area contributed by atoms with Crippen LogP contribution in [0.2, 0.25) is 0 Å². The van der Waals surface area contributed by atoms with E-state index in [0.717, 1.165) is 5.56 Å². The minimum Gasteiger partial charge on any atom is -0.387 e. The highest BCUT2D eigenvalue weighted by Crippen LogP contribution is 2.14. The largest absolute Gasteiger partial charge is 0.387 e. The van der Waals surface area contributed by atoms with Crippen LogP contribution < -0.4 is 5.32 Å². The maximum Gasteiger partial charge on any atom is 0.0944 e. The van der Waals surface area contributed by atoms with Crippen LogP contribution in [-0.4, -0.2) is 27.0 Å². The summed E-state index contributed by atoms with van der Waals surface area (Å²) in [5.74, 6) is 0. The van der Waals surface area contributed by atoms with Gasteiger partial charge in [-0.3, -0.25) is 4.68 Å². The second kappa shape index (κ2) is 4.97. The Bertz CT molecular complexity index is 325. The van der Waals surface area contributed by atoms with Crippen LogP contribution in [-0.2, 0) is 0 Å². The lowest BCUT2D eigenvalue weighted by atomic mass is 10.1. The predicted octanol–water partition coefficient (Wildman–Crippen LogP) is 1.89. The molecule has 0 aliphatic rings. The Labute approximate surface area is 97.7 Å². The number of nitrogens with one attached hydrogen (secondary N) is 1. The van der Waals surface area contributed by atoms with Crippen molar-refractivity contribution in [2.75, 3.05) is 6.54 Å². The van der Waals surface area contributed by atoms with E-state index < -0.39 is 6.10 Å². The van der Waals surface area contributed by atoms with Crippen LogP contribution >= 0.6 is 0 Å². The number of hydrogen-bond acceptors (Lipinski definition) is 3. The molecule has 0 amide bonds. The Kier molecular flexibility index (Phi) is 4.10. The number of rotatable bonds is 4. The first-order valence-corrected chi connectivity index (χ1v) is 5.77. The molecule has 2 N–H and O–H groups in total. The zero-order chi connectivity index (χ0) is 12.3. The van der Waals surface area contributed by atoms with Crippen molar-refractivity contribution in [3.05, 3.63) is 18.0 Å². The third kappa shape index (κ3) is 3.94. The quantitative estimate of drug-likeness (QED) is 0.822. The molecule has 1 heterocycles. The van der Waals surface area contributed by atoms with Gasteiger partial charge in [0.05, 0.1) is 12.3 Å². The average Bonchev–Trinajstić information content (AvgIpc) is 2.61. The molecule has 1 aromatic rings. The van der Waals surface area contributed by atoms with Gasteiger partial charge in [-0.2, -0.15) is 5.10 Å². The van der Waals surface area contributed by atoms with Crippen molar-refractivity contribution >= 4 is 0 Å². The first-order valence-electron chi connectivity index (χ1n) is 5.77. The SMILES string of the molecule is CC(C)n1cc(C(O)CNC(C)(C)C)cn1. The summed E-state index contributed by atoms with van der Waals surface area (Å²) in [4.78, 5) is 0. The van der Waals surface area contributed by atoms with Crippen molar-refractivity contribution < 1.29 is 5.11 Å². The van der Waals surface area contributed by atoms with Crippen molar-refractivity contribution in [1.29, 1.82) is 0 Å².